The average Bonchev–Trinajstić information content (AvgIpc) is 2.50. The predicted molar refractivity (Wildman–Crippen MR) is 61.6 cm³/mol. The summed E-state index contributed by atoms with van der Waals surface area (Å²) in [7, 11) is 1.99. The number of hydrogen-bond donors (Lipinski definition) is 1. The van der Waals surface area contributed by atoms with E-state index in [1.807, 2.05) is 26.3 Å². The molecule has 74 valence electrons. The molecule has 0 aromatic carbocycles. The van der Waals surface area contributed by atoms with Crippen molar-refractivity contribution in [2.75, 3.05) is 18.6 Å². The minimum absolute atomic E-state index is 0.152. The summed E-state index contributed by atoms with van der Waals surface area (Å²) in [5.74, 6) is 0. The third kappa shape index (κ3) is 2.45. The van der Waals surface area contributed by atoms with E-state index < -0.39 is 0 Å². The summed E-state index contributed by atoms with van der Waals surface area (Å²) in [4.78, 5) is 2.09. The van der Waals surface area contributed by atoms with Crippen LogP contribution < -0.4 is 4.90 Å². The Morgan fingerprint density at radius 1 is 1.62 bits per heavy atom. The van der Waals surface area contributed by atoms with Gasteiger partial charge in [-0.05, 0) is 35.8 Å². The van der Waals surface area contributed by atoms with Gasteiger partial charge in [-0.3, -0.25) is 0 Å². The standard InChI is InChI=1S/C9H14BrNOS/c1-9(2,6-12)11(3)8-4-7(10)5-13-8/h4-5,12H,6H2,1-3H3. The Balaban J connectivity index is 2.84. The Morgan fingerprint density at radius 3 is 2.62 bits per heavy atom. The molecule has 1 aromatic heterocycles. The molecule has 0 spiro atoms. The van der Waals surface area contributed by atoms with Crippen molar-refractivity contribution in [2.24, 2.45) is 0 Å². The molecular weight excluding hydrogens is 250 g/mol. The second-order valence-electron chi connectivity index (χ2n) is 3.63. The lowest BCUT2D eigenvalue weighted by molar-refractivity contribution is 0.216. The molecule has 0 fully saturated rings. The second-order valence-corrected chi connectivity index (χ2v) is 5.44. The minimum atomic E-state index is -0.204. The van der Waals surface area contributed by atoms with Crippen molar-refractivity contribution in [2.45, 2.75) is 19.4 Å². The molecule has 0 amide bonds. The van der Waals surface area contributed by atoms with Crippen molar-refractivity contribution in [1.82, 2.24) is 0 Å². The molecule has 0 aliphatic rings. The summed E-state index contributed by atoms with van der Waals surface area (Å²) in [5, 5.41) is 12.4. The molecule has 0 saturated heterocycles. The lowest BCUT2D eigenvalue weighted by Crippen LogP contribution is -2.44. The van der Waals surface area contributed by atoms with E-state index >= 15 is 0 Å². The van der Waals surface area contributed by atoms with Crippen LogP contribution in [0.15, 0.2) is 15.9 Å². The molecule has 0 atom stereocenters. The average molecular weight is 264 g/mol. The molecule has 0 saturated carbocycles. The van der Waals surface area contributed by atoms with Crippen molar-refractivity contribution >= 4 is 32.3 Å². The molecule has 1 N–H and O–H groups in total. The maximum absolute atomic E-state index is 9.18. The monoisotopic (exact) mass is 263 g/mol. The van der Waals surface area contributed by atoms with E-state index in [0.717, 1.165) is 9.47 Å². The van der Waals surface area contributed by atoms with E-state index in [4.69, 9.17) is 0 Å². The fraction of sp³-hybridized carbons (Fsp3) is 0.556. The Hall–Kier alpha value is -0.0600. The maximum Gasteiger partial charge on any atom is 0.0922 e. The van der Waals surface area contributed by atoms with Crippen molar-refractivity contribution < 1.29 is 5.11 Å². The van der Waals surface area contributed by atoms with Gasteiger partial charge in [0.05, 0.1) is 17.1 Å². The first kappa shape index (κ1) is 11.0. The number of rotatable bonds is 3. The van der Waals surface area contributed by atoms with Crippen molar-refractivity contribution in [3.05, 3.63) is 15.9 Å². The third-order valence-electron chi connectivity index (χ3n) is 2.18. The molecule has 0 radical (unpaired) electrons. The number of aliphatic hydroxyl groups is 1. The highest BCUT2D eigenvalue weighted by molar-refractivity contribution is 9.10. The first-order valence-corrected chi connectivity index (χ1v) is 5.73. The van der Waals surface area contributed by atoms with E-state index in [2.05, 4.69) is 26.9 Å². The van der Waals surface area contributed by atoms with Gasteiger partial charge in [-0.15, -0.1) is 11.3 Å². The Labute approximate surface area is 91.3 Å². The Bertz CT molecular complexity index is 285. The van der Waals surface area contributed by atoms with Gasteiger partial charge in [0.2, 0.25) is 0 Å². The predicted octanol–water partition coefficient (Wildman–Crippen LogP) is 2.72. The van der Waals surface area contributed by atoms with Gasteiger partial charge in [0.1, 0.15) is 0 Å². The molecule has 0 aliphatic heterocycles. The van der Waals surface area contributed by atoms with Gasteiger partial charge in [0.25, 0.3) is 0 Å². The molecule has 13 heavy (non-hydrogen) atoms. The van der Waals surface area contributed by atoms with E-state index in [1.165, 1.54) is 0 Å². The summed E-state index contributed by atoms with van der Waals surface area (Å²) in [6.07, 6.45) is 0. The summed E-state index contributed by atoms with van der Waals surface area (Å²) in [6.45, 7) is 4.18. The van der Waals surface area contributed by atoms with E-state index in [-0.39, 0.29) is 12.1 Å². The SMILES string of the molecule is CN(c1cc(Br)cs1)C(C)(C)CO. The number of hydrogen-bond acceptors (Lipinski definition) is 3. The summed E-state index contributed by atoms with van der Waals surface area (Å²) < 4.78 is 1.09. The van der Waals surface area contributed by atoms with Crippen LogP contribution in [0.5, 0.6) is 0 Å². The maximum atomic E-state index is 9.18. The zero-order chi connectivity index (χ0) is 10.1. The van der Waals surface area contributed by atoms with E-state index in [9.17, 15) is 5.11 Å². The minimum Gasteiger partial charge on any atom is -0.394 e. The summed E-state index contributed by atoms with van der Waals surface area (Å²) in [6, 6.07) is 2.06. The molecule has 1 rings (SSSR count). The lowest BCUT2D eigenvalue weighted by atomic mass is 10.1. The van der Waals surface area contributed by atoms with Gasteiger partial charge in [0, 0.05) is 16.9 Å². The van der Waals surface area contributed by atoms with Crippen molar-refractivity contribution in [1.29, 1.82) is 0 Å². The van der Waals surface area contributed by atoms with Crippen molar-refractivity contribution in [3.63, 3.8) is 0 Å². The molecule has 0 bridgehead atoms. The molecule has 2 nitrogen and oxygen atoms in total. The summed E-state index contributed by atoms with van der Waals surface area (Å²) in [5.41, 5.74) is -0.204. The number of nitrogens with zero attached hydrogens (tertiary/aromatic N) is 1. The van der Waals surface area contributed by atoms with Gasteiger partial charge in [0.15, 0.2) is 0 Å². The number of thiophene rings is 1. The largest absolute Gasteiger partial charge is 0.394 e. The fourth-order valence-corrected chi connectivity index (χ4v) is 2.43. The summed E-state index contributed by atoms with van der Waals surface area (Å²) >= 11 is 5.08. The number of aliphatic hydroxyl groups excluding tert-OH is 1. The van der Waals surface area contributed by atoms with Crippen LogP contribution in [0.3, 0.4) is 0 Å². The van der Waals surface area contributed by atoms with Gasteiger partial charge in [-0.2, -0.15) is 0 Å². The Kier molecular flexibility index (Phi) is 3.38. The number of halogens is 1. The van der Waals surface area contributed by atoms with Crippen LogP contribution in [-0.2, 0) is 0 Å². The van der Waals surface area contributed by atoms with Gasteiger partial charge in [-0.1, -0.05) is 0 Å². The highest BCUT2D eigenvalue weighted by Gasteiger charge is 2.23. The van der Waals surface area contributed by atoms with Crippen LogP contribution in [-0.4, -0.2) is 24.3 Å². The molecule has 0 aliphatic carbocycles. The van der Waals surface area contributed by atoms with E-state index in [0.29, 0.717) is 0 Å². The van der Waals surface area contributed by atoms with Crippen LogP contribution in [0.25, 0.3) is 0 Å². The molecule has 1 aromatic rings. The highest BCUT2D eigenvalue weighted by atomic mass is 79.9. The smallest absolute Gasteiger partial charge is 0.0922 e. The molecule has 0 unspecified atom stereocenters. The second kappa shape index (κ2) is 3.98. The van der Waals surface area contributed by atoms with Crippen LogP contribution in [0.1, 0.15) is 13.8 Å². The quantitative estimate of drug-likeness (QED) is 0.907. The zero-order valence-electron chi connectivity index (χ0n) is 8.04. The van der Waals surface area contributed by atoms with Gasteiger partial charge < -0.3 is 10.0 Å². The van der Waals surface area contributed by atoms with Gasteiger partial charge >= 0.3 is 0 Å². The lowest BCUT2D eigenvalue weighted by Gasteiger charge is -2.34. The highest BCUT2D eigenvalue weighted by Crippen LogP contribution is 2.31. The zero-order valence-corrected chi connectivity index (χ0v) is 10.4. The van der Waals surface area contributed by atoms with Crippen LogP contribution in [0.4, 0.5) is 5.00 Å². The normalized spacial score (nSPS) is 11.8. The first-order chi connectivity index (χ1) is 5.97. The van der Waals surface area contributed by atoms with Crippen LogP contribution in [0.2, 0.25) is 0 Å². The van der Waals surface area contributed by atoms with E-state index in [1.54, 1.807) is 11.3 Å². The van der Waals surface area contributed by atoms with Gasteiger partial charge in [-0.25, -0.2) is 0 Å². The first-order valence-electron chi connectivity index (χ1n) is 4.06. The third-order valence-corrected chi connectivity index (χ3v) is 3.95. The Morgan fingerprint density at radius 2 is 2.23 bits per heavy atom. The molecule has 4 heteroatoms. The topological polar surface area (TPSA) is 23.5 Å². The fourth-order valence-electron chi connectivity index (χ4n) is 0.883. The molecular formula is C9H14BrNOS. The number of anilines is 1. The van der Waals surface area contributed by atoms with Crippen molar-refractivity contribution in [3.8, 4) is 0 Å². The number of likely N-dealkylation sites (N-methyl/N-ethyl adjacent to an activating group) is 1. The van der Waals surface area contributed by atoms with Crippen LogP contribution >= 0.6 is 27.3 Å². The van der Waals surface area contributed by atoms with Crippen LogP contribution in [0, 0.1) is 0 Å². The molecule has 1 heterocycles.